The van der Waals surface area contributed by atoms with E-state index in [1.54, 1.807) is 11.8 Å². The second kappa shape index (κ2) is 8.78. The van der Waals surface area contributed by atoms with Gasteiger partial charge in [-0.1, -0.05) is 0 Å². The molecule has 1 saturated heterocycles. The van der Waals surface area contributed by atoms with Crippen molar-refractivity contribution in [2.45, 2.75) is 30.7 Å². The SMILES string of the molecule is CC(Cl)C(C(O)N1CCN(c2ccc(C(F)(F)F)cc2)CC1)n1cnc([N+](=O)[O-])c1. The van der Waals surface area contributed by atoms with Gasteiger partial charge in [-0.2, -0.15) is 13.2 Å². The second-order valence-electron chi connectivity index (χ2n) is 7.09. The van der Waals surface area contributed by atoms with Gasteiger partial charge in [-0.25, -0.2) is 0 Å². The number of hydrogen-bond acceptors (Lipinski definition) is 6. The van der Waals surface area contributed by atoms with Gasteiger partial charge in [-0.3, -0.25) is 4.90 Å². The molecule has 1 aromatic carbocycles. The van der Waals surface area contributed by atoms with E-state index in [2.05, 4.69) is 4.98 Å². The zero-order chi connectivity index (χ0) is 22.1. The largest absolute Gasteiger partial charge is 0.416 e. The van der Waals surface area contributed by atoms with E-state index in [-0.39, 0.29) is 5.82 Å². The molecule has 1 fully saturated rings. The minimum absolute atomic E-state index is 0.336. The number of nitro groups is 1. The van der Waals surface area contributed by atoms with Crippen LogP contribution < -0.4 is 4.90 Å². The first-order valence-corrected chi connectivity index (χ1v) is 9.68. The minimum atomic E-state index is -4.38. The van der Waals surface area contributed by atoms with Gasteiger partial charge in [0.05, 0.1) is 17.0 Å². The Labute approximate surface area is 175 Å². The fraction of sp³-hybridized carbons (Fsp3) is 0.500. The van der Waals surface area contributed by atoms with Crippen molar-refractivity contribution >= 4 is 23.1 Å². The van der Waals surface area contributed by atoms with Crippen molar-refractivity contribution in [1.82, 2.24) is 14.5 Å². The van der Waals surface area contributed by atoms with Gasteiger partial charge in [-0.15, -0.1) is 11.6 Å². The van der Waals surface area contributed by atoms with Crippen LogP contribution in [0.3, 0.4) is 0 Å². The van der Waals surface area contributed by atoms with Crippen LogP contribution in [0.1, 0.15) is 18.5 Å². The van der Waals surface area contributed by atoms with Crippen LogP contribution in [0.5, 0.6) is 0 Å². The second-order valence-corrected chi connectivity index (χ2v) is 7.77. The van der Waals surface area contributed by atoms with E-state index in [4.69, 9.17) is 11.6 Å². The maximum atomic E-state index is 12.7. The average molecular weight is 448 g/mol. The number of benzene rings is 1. The number of aliphatic hydroxyl groups is 1. The molecule has 1 aliphatic heterocycles. The molecule has 3 atom stereocenters. The molecular formula is C18H21ClF3N5O3. The molecule has 1 aromatic heterocycles. The van der Waals surface area contributed by atoms with E-state index in [1.165, 1.54) is 29.2 Å². The Hall–Kier alpha value is -2.37. The van der Waals surface area contributed by atoms with Crippen LogP contribution in [0.4, 0.5) is 24.7 Å². The predicted octanol–water partition coefficient (Wildman–Crippen LogP) is 3.12. The monoisotopic (exact) mass is 447 g/mol. The van der Waals surface area contributed by atoms with Crippen molar-refractivity contribution in [3.63, 3.8) is 0 Å². The topological polar surface area (TPSA) is 87.7 Å². The summed E-state index contributed by atoms with van der Waals surface area (Å²) >= 11 is 6.25. The summed E-state index contributed by atoms with van der Waals surface area (Å²) in [6.07, 6.45) is -2.90. The summed E-state index contributed by atoms with van der Waals surface area (Å²) in [6, 6.07) is 4.30. The molecule has 12 heteroatoms. The first-order chi connectivity index (χ1) is 14.1. The molecule has 0 spiro atoms. The third-order valence-corrected chi connectivity index (χ3v) is 5.40. The van der Waals surface area contributed by atoms with Crippen molar-refractivity contribution in [3.8, 4) is 0 Å². The standard InChI is InChI=1S/C18H21ClF3N5O3/c1-12(19)16(26-10-15(23-11-26)27(29)30)17(28)25-8-6-24(7-9-25)14-4-2-13(3-5-14)18(20,21)22/h2-5,10-12,16-17,28H,6-9H2,1H3. The van der Waals surface area contributed by atoms with E-state index < -0.39 is 34.3 Å². The van der Waals surface area contributed by atoms with Crippen molar-refractivity contribution in [2.24, 2.45) is 0 Å². The lowest BCUT2D eigenvalue weighted by Crippen LogP contribution is -2.53. The highest BCUT2D eigenvalue weighted by atomic mass is 35.5. The van der Waals surface area contributed by atoms with Gasteiger partial charge >= 0.3 is 12.0 Å². The van der Waals surface area contributed by atoms with E-state index in [0.717, 1.165) is 12.1 Å². The molecule has 2 heterocycles. The van der Waals surface area contributed by atoms with Crippen LogP contribution in [0.25, 0.3) is 0 Å². The molecule has 1 aliphatic rings. The summed E-state index contributed by atoms with van der Waals surface area (Å²) in [5.41, 5.74) is -0.0293. The molecule has 3 rings (SSSR count). The Morgan fingerprint density at radius 1 is 1.20 bits per heavy atom. The van der Waals surface area contributed by atoms with E-state index in [1.807, 2.05) is 4.90 Å². The zero-order valence-electron chi connectivity index (χ0n) is 16.0. The van der Waals surface area contributed by atoms with E-state index in [0.29, 0.717) is 31.9 Å². The van der Waals surface area contributed by atoms with Crippen LogP contribution in [0, 0.1) is 10.1 Å². The Kier molecular flexibility index (Phi) is 6.53. The fourth-order valence-corrected chi connectivity index (χ4v) is 3.79. The number of piperazine rings is 1. The molecule has 0 amide bonds. The molecule has 2 aromatic rings. The first-order valence-electron chi connectivity index (χ1n) is 9.24. The smallest absolute Gasteiger partial charge is 0.376 e. The number of halogens is 4. The number of hydrogen-bond donors (Lipinski definition) is 1. The maximum absolute atomic E-state index is 12.7. The molecule has 164 valence electrons. The molecule has 0 bridgehead atoms. The van der Waals surface area contributed by atoms with Crippen LogP contribution >= 0.6 is 11.6 Å². The number of alkyl halides is 4. The summed E-state index contributed by atoms with van der Waals surface area (Å²) < 4.78 is 39.6. The third kappa shape index (κ3) is 4.85. The maximum Gasteiger partial charge on any atom is 0.416 e. The molecule has 30 heavy (non-hydrogen) atoms. The quantitative estimate of drug-likeness (QED) is 0.416. The lowest BCUT2D eigenvalue weighted by Gasteiger charge is -2.41. The predicted molar refractivity (Wildman–Crippen MR) is 104 cm³/mol. The molecule has 0 saturated carbocycles. The highest BCUT2D eigenvalue weighted by Crippen LogP contribution is 2.31. The van der Waals surface area contributed by atoms with Gasteiger partial charge in [0.2, 0.25) is 6.33 Å². The van der Waals surface area contributed by atoms with Gasteiger partial charge in [0.15, 0.2) is 0 Å². The number of nitrogens with zero attached hydrogens (tertiary/aromatic N) is 5. The average Bonchev–Trinajstić information content (AvgIpc) is 3.17. The van der Waals surface area contributed by atoms with Gasteiger partial charge in [0.1, 0.15) is 12.4 Å². The fourth-order valence-electron chi connectivity index (χ4n) is 3.53. The van der Waals surface area contributed by atoms with Gasteiger partial charge in [-0.05, 0) is 41.1 Å². The van der Waals surface area contributed by atoms with Crippen LogP contribution in [-0.2, 0) is 6.18 Å². The molecule has 8 nitrogen and oxygen atoms in total. The number of anilines is 1. The highest BCUT2D eigenvalue weighted by molar-refractivity contribution is 6.20. The highest BCUT2D eigenvalue weighted by Gasteiger charge is 2.34. The van der Waals surface area contributed by atoms with Crippen LogP contribution in [0.2, 0.25) is 0 Å². The number of rotatable bonds is 6. The first kappa shape index (κ1) is 22.3. The van der Waals surface area contributed by atoms with Crippen LogP contribution in [-0.4, -0.2) is 62.3 Å². The molecule has 0 radical (unpaired) electrons. The summed E-state index contributed by atoms with van der Waals surface area (Å²) in [6.45, 7) is 3.56. The van der Waals surface area contributed by atoms with E-state index in [9.17, 15) is 28.4 Å². The molecular weight excluding hydrogens is 427 g/mol. The number of aromatic nitrogens is 2. The summed E-state index contributed by atoms with van der Waals surface area (Å²) in [5.74, 6) is -0.336. The Morgan fingerprint density at radius 2 is 1.80 bits per heavy atom. The van der Waals surface area contributed by atoms with Gasteiger partial charge < -0.3 is 24.7 Å². The number of imidazole rings is 1. The Bertz CT molecular complexity index is 867. The molecule has 3 unspecified atom stereocenters. The van der Waals surface area contributed by atoms with Gasteiger partial charge in [0, 0.05) is 31.9 Å². The normalized spacial score (nSPS) is 18.8. The van der Waals surface area contributed by atoms with Crippen molar-refractivity contribution in [2.75, 3.05) is 31.1 Å². The number of aliphatic hydroxyl groups excluding tert-OH is 1. The lowest BCUT2D eigenvalue weighted by atomic mass is 10.1. The third-order valence-electron chi connectivity index (χ3n) is 5.14. The van der Waals surface area contributed by atoms with Crippen molar-refractivity contribution < 1.29 is 23.2 Å². The van der Waals surface area contributed by atoms with Gasteiger partial charge in [0.25, 0.3) is 0 Å². The zero-order valence-corrected chi connectivity index (χ0v) is 16.8. The molecule has 0 aliphatic carbocycles. The van der Waals surface area contributed by atoms with Crippen LogP contribution in [0.15, 0.2) is 36.8 Å². The van der Waals surface area contributed by atoms with Crippen molar-refractivity contribution in [3.05, 3.63) is 52.5 Å². The summed E-state index contributed by atoms with van der Waals surface area (Å²) in [7, 11) is 0. The van der Waals surface area contributed by atoms with E-state index >= 15 is 0 Å². The lowest BCUT2D eigenvalue weighted by molar-refractivity contribution is -0.389. The summed E-state index contributed by atoms with van der Waals surface area (Å²) in [5, 5.41) is 21.2. The Morgan fingerprint density at radius 3 is 2.27 bits per heavy atom. The molecule has 1 N–H and O–H groups in total. The summed E-state index contributed by atoms with van der Waals surface area (Å²) in [4.78, 5) is 17.7. The van der Waals surface area contributed by atoms with Crippen molar-refractivity contribution in [1.29, 1.82) is 0 Å². The Balaban J connectivity index is 1.66. The minimum Gasteiger partial charge on any atom is -0.376 e.